The van der Waals surface area contributed by atoms with Crippen molar-refractivity contribution in [2.75, 3.05) is 0 Å². The van der Waals surface area contributed by atoms with E-state index in [1.807, 2.05) is 0 Å². The van der Waals surface area contributed by atoms with Crippen molar-refractivity contribution in [3.05, 3.63) is 48.7 Å². The molecule has 20 heavy (non-hydrogen) atoms. The van der Waals surface area contributed by atoms with Gasteiger partial charge in [0.15, 0.2) is 0 Å². The van der Waals surface area contributed by atoms with Crippen LogP contribution in [0.15, 0.2) is 12.1 Å². The Bertz CT molecular complexity index is 260. The summed E-state index contributed by atoms with van der Waals surface area (Å²) >= 11 is 0. The van der Waals surface area contributed by atoms with E-state index in [1.165, 1.54) is 16.7 Å². The number of hydrogen-bond acceptors (Lipinski definition) is 0. The van der Waals surface area contributed by atoms with Crippen LogP contribution < -0.4 is 0 Å². The Kier molecular flexibility index (Phi) is 17.1. The molecule has 0 bridgehead atoms. The van der Waals surface area contributed by atoms with Crippen LogP contribution in [0.4, 0.5) is 0 Å². The van der Waals surface area contributed by atoms with E-state index < -0.39 is 0 Å². The van der Waals surface area contributed by atoms with Gasteiger partial charge in [0, 0.05) is 19.5 Å². The molecule has 0 saturated carbocycles. The third-order valence-corrected chi connectivity index (χ3v) is 2.84. The molecule has 0 aromatic heterocycles. The van der Waals surface area contributed by atoms with E-state index in [0.717, 1.165) is 0 Å². The summed E-state index contributed by atoms with van der Waals surface area (Å²) in [6.07, 6.45) is 0. The standard InChI is InChI=1S/C15H23.2C2H5.Zn/c1-10(2)13-7-14(11(3)4)9-15(8-13)12(5)6;2*1-2;/h7-8,10-12H,1-6H3;2*1H2,2H3;/q3*-1;. The Hall–Kier alpha value is -0.157. The SMILES string of the molecule is CC(C)c1[c-]c(C(C)C)cc(C(C)C)c1.[CH2-]C.[CH2-]C.[Zn]. The largest absolute Gasteiger partial charge is 0.346 e. The molecular formula is C19H33Zn-3. The first-order valence-electron chi connectivity index (χ1n) is 7.40. The molecule has 0 spiro atoms. The van der Waals surface area contributed by atoms with Crippen molar-refractivity contribution in [2.45, 2.75) is 73.1 Å². The Morgan fingerprint density at radius 2 is 1.00 bits per heavy atom. The van der Waals surface area contributed by atoms with Gasteiger partial charge in [-0.15, -0.1) is 0 Å². The smallest absolute Gasteiger partial charge is 0 e. The molecule has 0 unspecified atom stereocenters. The van der Waals surface area contributed by atoms with Gasteiger partial charge in [0.25, 0.3) is 0 Å². The minimum absolute atomic E-state index is 0. The number of rotatable bonds is 3. The molecule has 0 radical (unpaired) electrons. The van der Waals surface area contributed by atoms with Crippen LogP contribution in [0.2, 0.25) is 0 Å². The summed E-state index contributed by atoms with van der Waals surface area (Å²) < 4.78 is 0. The zero-order valence-corrected chi connectivity index (χ0v) is 18.0. The minimum atomic E-state index is 0. The van der Waals surface area contributed by atoms with Crippen molar-refractivity contribution in [3.8, 4) is 0 Å². The van der Waals surface area contributed by atoms with Gasteiger partial charge in [0.05, 0.1) is 0 Å². The van der Waals surface area contributed by atoms with E-state index in [1.54, 1.807) is 13.8 Å². The summed E-state index contributed by atoms with van der Waals surface area (Å²) in [4.78, 5) is 0. The van der Waals surface area contributed by atoms with E-state index in [4.69, 9.17) is 0 Å². The van der Waals surface area contributed by atoms with Crippen molar-refractivity contribution in [2.24, 2.45) is 0 Å². The molecule has 1 aromatic carbocycles. The van der Waals surface area contributed by atoms with Crippen LogP contribution in [0.5, 0.6) is 0 Å². The maximum atomic E-state index is 3.54. The molecule has 0 N–H and O–H groups in total. The molecular weight excluding hydrogens is 294 g/mol. The average Bonchev–Trinajstić information content (AvgIpc) is 2.42. The van der Waals surface area contributed by atoms with Crippen LogP contribution in [-0.2, 0) is 19.5 Å². The summed E-state index contributed by atoms with van der Waals surface area (Å²) in [7, 11) is 0. The van der Waals surface area contributed by atoms with Gasteiger partial charge in [0.1, 0.15) is 0 Å². The van der Waals surface area contributed by atoms with Crippen LogP contribution in [0, 0.1) is 19.9 Å². The topological polar surface area (TPSA) is 0 Å². The number of hydrogen-bond donors (Lipinski definition) is 0. The van der Waals surface area contributed by atoms with Crippen LogP contribution in [0.1, 0.15) is 89.8 Å². The molecule has 0 aliphatic rings. The van der Waals surface area contributed by atoms with Gasteiger partial charge < -0.3 is 13.8 Å². The van der Waals surface area contributed by atoms with E-state index in [2.05, 4.69) is 73.6 Å². The molecule has 1 heteroatoms. The molecule has 0 atom stereocenters. The van der Waals surface area contributed by atoms with E-state index in [0.29, 0.717) is 17.8 Å². The molecule has 0 heterocycles. The summed E-state index contributed by atoms with van der Waals surface area (Å²) in [6.45, 7) is 23.5. The Labute approximate surface area is 141 Å². The fraction of sp³-hybridized carbons (Fsp3) is 0.579. The summed E-state index contributed by atoms with van der Waals surface area (Å²) in [5.41, 5.74) is 4.15. The zero-order valence-electron chi connectivity index (χ0n) is 15.0. The predicted molar refractivity (Wildman–Crippen MR) is 89.6 cm³/mol. The van der Waals surface area contributed by atoms with Crippen molar-refractivity contribution in [1.82, 2.24) is 0 Å². The molecule has 114 valence electrons. The van der Waals surface area contributed by atoms with Crippen LogP contribution >= 0.6 is 0 Å². The third-order valence-electron chi connectivity index (χ3n) is 2.84. The van der Waals surface area contributed by atoms with Gasteiger partial charge in [-0.25, -0.2) is 0 Å². The Morgan fingerprint density at radius 3 is 1.20 bits per heavy atom. The Morgan fingerprint density at radius 1 is 0.700 bits per heavy atom. The fourth-order valence-electron chi connectivity index (χ4n) is 1.59. The summed E-state index contributed by atoms with van der Waals surface area (Å²) in [6, 6.07) is 8.15. The minimum Gasteiger partial charge on any atom is -0.346 e. The van der Waals surface area contributed by atoms with Crippen molar-refractivity contribution < 1.29 is 19.5 Å². The second-order valence-electron chi connectivity index (χ2n) is 5.29. The first-order valence-corrected chi connectivity index (χ1v) is 7.40. The average molecular weight is 327 g/mol. The summed E-state index contributed by atoms with van der Waals surface area (Å²) in [5, 5.41) is 0. The molecule has 0 saturated heterocycles. The van der Waals surface area contributed by atoms with Crippen LogP contribution in [0.25, 0.3) is 0 Å². The van der Waals surface area contributed by atoms with E-state index >= 15 is 0 Å². The Balaban J connectivity index is -0.000000529. The van der Waals surface area contributed by atoms with Crippen molar-refractivity contribution >= 4 is 0 Å². The molecule has 0 nitrogen and oxygen atoms in total. The fourth-order valence-corrected chi connectivity index (χ4v) is 1.59. The quantitative estimate of drug-likeness (QED) is 0.437. The normalized spacial score (nSPS) is 9.45. The molecule has 1 aromatic rings. The van der Waals surface area contributed by atoms with Gasteiger partial charge in [-0.3, -0.25) is 0 Å². The molecule has 0 fully saturated rings. The van der Waals surface area contributed by atoms with E-state index in [-0.39, 0.29) is 19.5 Å². The first kappa shape index (κ1) is 24.8. The molecule has 0 aliphatic heterocycles. The van der Waals surface area contributed by atoms with Gasteiger partial charge in [0.2, 0.25) is 0 Å². The number of benzene rings is 1. The maximum Gasteiger partial charge on any atom is 0 e. The van der Waals surface area contributed by atoms with Crippen molar-refractivity contribution in [3.63, 3.8) is 0 Å². The van der Waals surface area contributed by atoms with Gasteiger partial charge in [-0.05, 0) is 17.8 Å². The third kappa shape index (κ3) is 8.90. The van der Waals surface area contributed by atoms with Gasteiger partial charge >= 0.3 is 0 Å². The summed E-state index contributed by atoms with van der Waals surface area (Å²) in [5.74, 6) is 1.75. The second kappa shape index (κ2) is 13.8. The van der Waals surface area contributed by atoms with Crippen LogP contribution in [-0.4, -0.2) is 0 Å². The second-order valence-corrected chi connectivity index (χ2v) is 5.29. The molecule has 1 rings (SSSR count). The predicted octanol–water partition coefficient (Wildman–Crippen LogP) is 6.54. The molecule has 0 aliphatic carbocycles. The van der Waals surface area contributed by atoms with E-state index in [9.17, 15) is 0 Å². The van der Waals surface area contributed by atoms with Crippen molar-refractivity contribution in [1.29, 1.82) is 0 Å². The molecule has 0 amide bonds. The maximum absolute atomic E-state index is 3.54. The van der Waals surface area contributed by atoms with Gasteiger partial charge in [-0.1, -0.05) is 41.5 Å². The van der Waals surface area contributed by atoms with Crippen LogP contribution in [0.3, 0.4) is 0 Å². The first-order chi connectivity index (χ1) is 8.91. The zero-order chi connectivity index (χ0) is 15.6. The van der Waals surface area contributed by atoms with Gasteiger partial charge in [-0.2, -0.15) is 48.7 Å². The monoisotopic (exact) mass is 325 g/mol.